The summed E-state index contributed by atoms with van der Waals surface area (Å²) in [6.45, 7) is 1.83. The van der Waals surface area contributed by atoms with Crippen LogP contribution >= 0.6 is 15.9 Å². The molecule has 0 spiro atoms. The van der Waals surface area contributed by atoms with Gasteiger partial charge in [0.1, 0.15) is 9.50 Å². The van der Waals surface area contributed by atoms with Crippen LogP contribution in [0, 0.1) is 6.92 Å². The van der Waals surface area contributed by atoms with Crippen molar-refractivity contribution in [1.29, 1.82) is 0 Å². The van der Waals surface area contributed by atoms with Gasteiger partial charge in [0.05, 0.1) is 18.1 Å². The van der Waals surface area contributed by atoms with Gasteiger partial charge >= 0.3 is 0 Å². The second kappa shape index (κ2) is 4.46. The van der Waals surface area contributed by atoms with E-state index in [-0.39, 0.29) is 4.90 Å². The highest BCUT2D eigenvalue weighted by Gasteiger charge is 2.15. The fourth-order valence-electron chi connectivity index (χ4n) is 1.21. The number of hydrogen-bond donors (Lipinski definition) is 2. The number of aromatic amines is 1. The molecule has 6 nitrogen and oxygen atoms in total. The van der Waals surface area contributed by atoms with Crippen molar-refractivity contribution in [3.8, 4) is 0 Å². The van der Waals surface area contributed by atoms with Gasteiger partial charge in [-0.15, -0.1) is 0 Å². The molecule has 2 aromatic rings. The van der Waals surface area contributed by atoms with E-state index in [2.05, 4.69) is 35.8 Å². The Morgan fingerprint density at radius 2 is 2.18 bits per heavy atom. The topological polar surface area (TPSA) is 87.7 Å². The lowest BCUT2D eigenvalue weighted by Gasteiger charge is -2.06. The largest absolute Gasteiger partial charge is 0.284 e. The van der Waals surface area contributed by atoms with Crippen molar-refractivity contribution in [2.45, 2.75) is 11.8 Å². The molecule has 0 aliphatic heterocycles. The number of aromatic nitrogens is 3. The first-order valence-electron chi connectivity index (χ1n) is 4.63. The van der Waals surface area contributed by atoms with Gasteiger partial charge in [0.25, 0.3) is 10.0 Å². The lowest BCUT2D eigenvalue weighted by Crippen LogP contribution is -2.12. The van der Waals surface area contributed by atoms with E-state index in [0.717, 1.165) is 5.56 Å². The first kappa shape index (κ1) is 12.1. The molecule has 0 saturated carbocycles. The third kappa shape index (κ3) is 2.64. The summed E-state index contributed by atoms with van der Waals surface area (Å²) >= 11 is 3.24. The second-order valence-electron chi connectivity index (χ2n) is 3.37. The zero-order valence-corrected chi connectivity index (χ0v) is 11.2. The monoisotopic (exact) mass is 316 g/mol. The minimum Gasteiger partial charge on any atom is -0.284 e. The summed E-state index contributed by atoms with van der Waals surface area (Å²) in [5, 5.41) is 6.04. The number of rotatable bonds is 3. The lowest BCUT2D eigenvalue weighted by molar-refractivity contribution is 0.601. The quantitative estimate of drug-likeness (QED) is 0.843. The summed E-state index contributed by atoms with van der Waals surface area (Å²) in [5.41, 5.74) is 1.25. The first-order chi connectivity index (χ1) is 7.99. The highest BCUT2D eigenvalue weighted by atomic mass is 79.9. The molecule has 0 bridgehead atoms. The molecule has 0 saturated heterocycles. The molecule has 0 aliphatic carbocycles. The summed E-state index contributed by atoms with van der Waals surface area (Å²) in [6.07, 6.45) is 3.98. The molecule has 2 aromatic heterocycles. The molecule has 0 aromatic carbocycles. The number of sulfonamides is 1. The fourth-order valence-corrected chi connectivity index (χ4v) is 2.37. The molecular weight excluding hydrogens is 308 g/mol. The molecule has 2 heterocycles. The van der Waals surface area contributed by atoms with Crippen molar-refractivity contribution >= 4 is 31.6 Å². The molecule has 17 heavy (non-hydrogen) atoms. The molecule has 90 valence electrons. The van der Waals surface area contributed by atoms with Gasteiger partial charge in [0, 0.05) is 6.20 Å². The van der Waals surface area contributed by atoms with Crippen molar-refractivity contribution in [3.63, 3.8) is 0 Å². The summed E-state index contributed by atoms with van der Waals surface area (Å²) in [7, 11) is -3.60. The average molecular weight is 317 g/mol. The molecule has 0 aliphatic rings. The van der Waals surface area contributed by atoms with Crippen molar-refractivity contribution in [2.24, 2.45) is 0 Å². The summed E-state index contributed by atoms with van der Waals surface area (Å²) in [5.74, 6) is 0. The van der Waals surface area contributed by atoms with E-state index in [1.807, 2.05) is 6.92 Å². The fraction of sp³-hybridized carbons (Fsp3) is 0.111. The van der Waals surface area contributed by atoms with Crippen LogP contribution in [-0.2, 0) is 10.0 Å². The Labute approximate surface area is 107 Å². The van der Waals surface area contributed by atoms with Crippen LogP contribution in [0.1, 0.15) is 5.56 Å². The highest BCUT2D eigenvalue weighted by molar-refractivity contribution is 9.10. The molecule has 0 unspecified atom stereocenters. The predicted molar refractivity (Wildman–Crippen MR) is 66.1 cm³/mol. The SMILES string of the molecule is Cc1cc(NS(=O)(=O)c2cn[nH]c2)cnc1Br. The van der Waals surface area contributed by atoms with E-state index in [1.54, 1.807) is 6.07 Å². The van der Waals surface area contributed by atoms with E-state index in [9.17, 15) is 8.42 Å². The zero-order valence-electron chi connectivity index (χ0n) is 8.81. The van der Waals surface area contributed by atoms with Gasteiger partial charge < -0.3 is 0 Å². The van der Waals surface area contributed by atoms with Crippen LogP contribution in [0.5, 0.6) is 0 Å². The Morgan fingerprint density at radius 3 is 2.76 bits per heavy atom. The van der Waals surface area contributed by atoms with Crippen LogP contribution in [0.15, 0.2) is 34.2 Å². The maximum atomic E-state index is 11.8. The van der Waals surface area contributed by atoms with Crippen LogP contribution < -0.4 is 4.72 Å². The standard InChI is InChI=1S/C9H9BrN4O2S/c1-6-2-7(3-11-9(6)10)14-17(15,16)8-4-12-13-5-8/h2-5,14H,1H3,(H,12,13). The number of hydrogen-bond acceptors (Lipinski definition) is 4. The first-order valence-corrected chi connectivity index (χ1v) is 6.90. The Bertz CT molecular complexity index is 624. The Morgan fingerprint density at radius 1 is 1.41 bits per heavy atom. The maximum Gasteiger partial charge on any atom is 0.265 e. The molecule has 0 atom stereocenters. The number of pyridine rings is 1. The summed E-state index contributed by atoms with van der Waals surface area (Å²) in [4.78, 5) is 4.09. The summed E-state index contributed by atoms with van der Waals surface area (Å²) in [6, 6.07) is 1.69. The van der Waals surface area contributed by atoms with E-state index in [4.69, 9.17) is 0 Å². The minimum absolute atomic E-state index is 0.0815. The van der Waals surface area contributed by atoms with Gasteiger partial charge in [0.2, 0.25) is 0 Å². The van der Waals surface area contributed by atoms with Gasteiger partial charge in [-0.1, -0.05) is 0 Å². The Kier molecular flexibility index (Phi) is 3.16. The molecule has 2 N–H and O–H groups in total. The van der Waals surface area contributed by atoms with Crippen molar-refractivity contribution < 1.29 is 8.42 Å². The van der Waals surface area contributed by atoms with Gasteiger partial charge in [-0.3, -0.25) is 9.82 Å². The molecule has 0 amide bonds. The van der Waals surface area contributed by atoms with Crippen LogP contribution in [0.2, 0.25) is 0 Å². The van der Waals surface area contributed by atoms with Gasteiger partial charge in [-0.2, -0.15) is 5.10 Å². The molecule has 0 radical (unpaired) electrons. The van der Waals surface area contributed by atoms with Crippen LogP contribution in [0.3, 0.4) is 0 Å². The Hall–Kier alpha value is -1.41. The van der Waals surface area contributed by atoms with Crippen LogP contribution in [0.4, 0.5) is 5.69 Å². The number of aryl methyl sites for hydroxylation is 1. The van der Waals surface area contributed by atoms with Crippen molar-refractivity contribution in [3.05, 3.63) is 34.8 Å². The smallest absolute Gasteiger partial charge is 0.265 e. The average Bonchev–Trinajstić information content (AvgIpc) is 2.77. The molecule has 0 fully saturated rings. The number of anilines is 1. The molecule has 2 rings (SSSR count). The van der Waals surface area contributed by atoms with E-state index >= 15 is 0 Å². The zero-order chi connectivity index (χ0) is 12.5. The van der Waals surface area contributed by atoms with Gasteiger partial charge in [0.15, 0.2) is 0 Å². The van der Waals surface area contributed by atoms with Crippen LogP contribution in [0.25, 0.3) is 0 Å². The third-order valence-corrected chi connectivity index (χ3v) is 4.23. The maximum absolute atomic E-state index is 11.8. The Balaban J connectivity index is 2.30. The minimum atomic E-state index is -3.60. The second-order valence-corrected chi connectivity index (χ2v) is 5.80. The highest BCUT2D eigenvalue weighted by Crippen LogP contribution is 2.19. The van der Waals surface area contributed by atoms with Gasteiger partial charge in [-0.05, 0) is 34.5 Å². The molecule has 8 heteroatoms. The number of nitrogens with one attached hydrogen (secondary N) is 2. The van der Waals surface area contributed by atoms with Gasteiger partial charge in [-0.25, -0.2) is 13.4 Å². The number of H-pyrrole nitrogens is 1. The third-order valence-electron chi connectivity index (χ3n) is 2.05. The number of nitrogens with zero attached hydrogens (tertiary/aromatic N) is 2. The normalized spacial score (nSPS) is 11.4. The van der Waals surface area contributed by atoms with Crippen LogP contribution in [-0.4, -0.2) is 23.6 Å². The van der Waals surface area contributed by atoms with E-state index < -0.39 is 10.0 Å². The number of halogens is 1. The molecular formula is C9H9BrN4O2S. The summed E-state index contributed by atoms with van der Waals surface area (Å²) < 4.78 is 26.8. The van der Waals surface area contributed by atoms with E-state index in [1.165, 1.54) is 18.6 Å². The lowest BCUT2D eigenvalue weighted by atomic mass is 10.3. The predicted octanol–water partition coefficient (Wildman–Crippen LogP) is 1.68. The van der Waals surface area contributed by atoms with Crippen molar-refractivity contribution in [2.75, 3.05) is 4.72 Å². The van der Waals surface area contributed by atoms with Crippen molar-refractivity contribution in [1.82, 2.24) is 15.2 Å². The van der Waals surface area contributed by atoms with E-state index in [0.29, 0.717) is 10.3 Å².